The van der Waals surface area contributed by atoms with E-state index in [9.17, 15) is 20.0 Å². The molecule has 2 atom stereocenters. The minimum atomic E-state index is -1.41. The Kier molecular flexibility index (Phi) is 7.95. The van der Waals surface area contributed by atoms with Gasteiger partial charge in [0.25, 0.3) is 0 Å². The molecule has 0 bridgehead atoms. The standard InChI is InChI=1S/C34H39FN4O3/c1-5-33(6-2,20-36)24-9-7-22(8-10-24)19-39-16-15-34(42,32(3,4)21-39)27-12-13-28-26(30(27)35)17-23(18-37-28)25-11-14-29(40)38-31(25)41/h7-10,12-13,17-18,25,42H,5-6,11,14-16,19,21H2,1-4H3,(H,38,40,41). The van der Waals surface area contributed by atoms with Gasteiger partial charge in [0.15, 0.2) is 0 Å². The number of pyridine rings is 1. The minimum Gasteiger partial charge on any atom is -0.384 e. The average Bonchev–Trinajstić information content (AvgIpc) is 2.97. The minimum absolute atomic E-state index is 0.226. The van der Waals surface area contributed by atoms with E-state index in [1.54, 1.807) is 24.4 Å². The largest absolute Gasteiger partial charge is 0.384 e. The number of nitriles is 1. The molecule has 2 N–H and O–H groups in total. The van der Waals surface area contributed by atoms with E-state index >= 15 is 4.39 Å². The van der Waals surface area contributed by atoms with Gasteiger partial charge in [-0.05, 0) is 54.5 Å². The Morgan fingerprint density at radius 1 is 1.17 bits per heavy atom. The number of benzene rings is 2. The van der Waals surface area contributed by atoms with Gasteiger partial charge in [0.1, 0.15) is 5.82 Å². The molecule has 2 aliphatic rings. The maximum absolute atomic E-state index is 16.2. The highest BCUT2D eigenvalue weighted by molar-refractivity contribution is 6.01. The lowest BCUT2D eigenvalue weighted by molar-refractivity contribution is -0.134. The van der Waals surface area contributed by atoms with Crippen molar-refractivity contribution in [3.05, 3.63) is 76.7 Å². The summed E-state index contributed by atoms with van der Waals surface area (Å²) >= 11 is 0. The first-order chi connectivity index (χ1) is 20.0. The molecule has 2 aliphatic heterocycles. The van der Waals surface area contributed by atoms with Crippen molar-refractivity contribution < 1.29 is 19.1 Å². The van der Waals surface area contributed by atoms with Crippen molar-refractivity contribution in [1.29, 1.82) is 5.26 Å². The number of rotatable bonds is 7. The van der Waals surface area contributed by atoms with E-state index in [1.807, 2.05) is 27.7 Å². The number of nitrogens with zero attached hydrogens (tertiary/aromatic N) is 3. The molecule has 0 radical (unpaired) electrons. The van der Waals surface area contributed by atoms with Crippen LogP contribution in [-0.2, 0) is 27.1 Å². The molecule has 2 aromatic carbocycles. The number of likely N-dealkylation sites (tertiary alicyclic amines) is 1. The van der Waals surface area contributed by atoms with E-state index in [4.69, 9.17) is 0 Å². The number of amides is 2. The van der Waals surface area contributed by atoms with Gasteiger partial charge in [-0.1, -0.05) is 58.0 Å². The maximum Gasteiger partial charge on any atom is 0.234 e. The van der Waals surface area contributed by atoms with Gasteiger partial charge >= 0.3 is 0 Å². The molecular weight excluding hydrogens is 531 g/mol. The van der Waals surface area contributed by atoms with Crippen LogP contribution in [0.5, 0.6) is 0 Å². The number of fused-ring (bicyclic) bond motifs is 1. The quantitative estimate of drug-likeness (QED) is 0.359. The van der Waals surface area contributed by atoms with Crippen LogP contribution in [0.4, 0.5) is 4.39 Å². The predicted octanol–water partition coefficient (Wildman–Crippen LogP) is 5.60. The normalized spacial score (nSPS) is 23.0. The zero-order chi connectivity index (χ0) is 30.3. The molecule has 3 aromatic rings. The summed E-state index contributed by atoms with van der Waals surface area (Å²) in [5, 5.41) is 24.5. The van der Waals surface area contributed by atoms with Gasteiger partial charge in [-0.25, -0.2) is 4.39 Å². The lowest BCUT2D eigenvalue weighted by Crippen LogP contribution is -2.55. The smallest absolute Gasteiger partial charge is 0.234 e. The number of nitrogens with one attached hydrogen (secondary N) is 1. The first-order valence-corrected chi connectivity index (χ1v) is 14.8. The van der Waals surface area contributed by atoms with Gasteiger partial charge < -0.3 is 5.11 Å². The van der Waals surface area contributed by atoms with E-state index in [1.165, 1.54) is 0 Å². The van der Waals surface area contributed by atoms with Crippen molar-refractivity contribution in [2.75, 3.05) is 13.1 Å². The van der Waals surface area contributed by atoms with Crippen LogP contribution in [0.25, 0.3) is 10.9 Å². The highest BCUT2D eigenvalue weighted by atomic mass is 19.1. The van der Waals surface area contributed by atoms with E-state index in [0.717, 1.165) is 24.0 Å². The molecule has 2 saturated heterocycles. The van der Waals surface area contributed by atoms with Gasteiger partial charge in [-0.3, -0.25) is 24.8 Å². The third-order valence-electron chi connectivity index (χ3n) is 9.77. The summed E-state index contributed by atoms with van der Waals surface area (Å²) in [6.45, 7) is 9.86. The number of carbonyl (C=O) groups is 2. The average molecular weight is 571 g/mol. The van der Waals surface area contributed by atoms with Crippen LogP contribution in [0.15, 0.2) is 48.7 Å². The molecule has 220 valence electrons. The third kappa shape index (κ3) is 5.10. The first kappa shape index (κ1) is 29.8. The van der Waals surface area contributed by atoms with Crippen LogP contribution in [0.2, 0.25) is 0 Å². The fraction of sp³-hybridized carbons (Fsp3) is 0.471. The molecular formula is C34H39FN4O3. The first-order valence-electron chi connectivity index (χ1n) is 14.8. The van der Waals surface area contributed by atoms with Crippen LogP contribution in [0.1, 0.15) is 88.0 Å². The number of carbonyl (C=O) groups excluding carboxylic acids is 2. The monoisotopic (exact) mass is 570 g/mol. The Hall–Kier alpha value is -3.67. The van der Waals surface area contributed by atoms with Crippen LogP contribution in [0.3, 0.4) is 0 Å². The summed E-state index contributed by atoms with van der Waals surface area (Å²) < 4.78 is 16.2. The Labute approximate surface area is 246 Å². The Bertz CT molecular complexity index is 1560. The maximum atomic E-state index is 16.2. The number of piperidine rings is 2. The zero-order valence-electron chi connectivity index (χ0n) is 24.8. The third-order valence-corrected chi connectivity index (χ3v) is 9.77. The molecule has 2 amide bonds. The summed E-state index contributed by atoms with van der Waals surface area (Å²) in [6.07, 6.45) is 4.02. The summed E-state index contributed by atoms with van der Waals surface area (Å²) in [4.78, 5) is 30.7. The molecule has 0 aliphatic carbocycles. The molecule has 0 saturated carbocycles. The number of hydrogen-bond donors (Lipinski definition) is 2. The second-order valence-electron chi connectivity index (χ2n) is 12.6. The van der Waals surface area contributed by atoms with Crippen LogP contribution in [0, 0.1) is 22.6 Å². The van der Waals surface area contributed by atoms with Crippen LogP contribution >= 0.6 is 0 Å². The van der Waals surface area contributed by atoms with Gasteiger partial charge in [0, 0.05) is 48.6 Å². The van der Waals surface area contributed by atoms with Crippen molar-refractivity contribution in [2.24, 2.45) is 5.41 Å². The second kappa shape index (κ2) is 11.2. The fourth-order valence-corrected chi connectivity index (χ4v) is 6.83. The van der Waals surface area contributed by atoms with Gasteiger partial charge in [-0.2, -0.15) is 5.26 Å². The molecule has 0 spiro atoms. The molecule has 5 rings (SSSR count). The molecule has 1 aromatic heterocycles. The van der Waals surface area contributed by atoms with Gasteiger partial charge in [0.2, 0.25) is 11.8 Å². The van der Waals surface area contributed by atoms with E-state index in [0.29, 0.717) is 43.6 Å². The molecule has 8 heteroatoms. The topological polar surface area (TPSA) is 106 Å². The fourth-order valence-electron chi connectivity index (χ4n) is 6.83. The second-order valence-corrected chi connectivity index (χ2v) is 12.6. The summed E-state index contributed by atoms with van der Waals surface area (Å²) in [5.74, 6) is -1.80. The zero-order valence-corrected chi connectivity index (χ0v) is 24.8. The highest BCUT2D eigenvalue weighted by Gasteiger charge is 2.50. The number of imide groups is 1. The molecule has 2 unspecified atom stereocenters. The van der Waals surface area contributed by atoms with E-state index < -0.39 is 34.1 Å². The van der Waals surface area contributed by atoms with Crippen LogP contribution < -0.4 is 5.32 Å². The van der Waals surface area contributed by atoms with E-state index in [-0.39, 0.29) is 23.3 Å². The molecule has 7 nitrogen and oxygen atoms in total. The number of halogens is 1. The van der Waals surface area contributed by atoms with Crippen molar-refractivity contribution in [3.63, 3.8) is 0 Å². The summed E-state index contributed by atoms with van der Waals surface area (Å²) in [6, 6.07) is 15.8. The highest BCUT2D eigenvalue weighted by Crippen LogP contribution is 2.48. The number of hydrogen-bond acceptors (Lipinski definition) is 6. The Morgan fingerprint density at radius 2 is 1.88 bits per heavy atom. The lowest BCUT2D eigenvalue weighted by Gasteiger charge is -2.50. The molecule has 3 heterocycles. The van der Waals surface area contributed by atoms with Gasteiger partial charge in [-0.15, -0.1) is 0 Å². The lowest BCUT2D eigenvalue weighted by atomic mass is 9.66. The van der Waals surface area contributed by atoms with Crippen LogP contribution in [-0.4, -0.2) is 39.9 Å². The SMILES string of the molecule is CCC(C#N)(CC)c1ccc(CN2CCC(O)(c3ccc4ncc(C5CCC(=O)NC5=O)cc4c3F)C(C)(C)C2)cc1. The Balaban J connectivity index is 1.37. The van der Waals surface area contributed by atoms with Crippen molar-refractivity contribution in [3.8, 4) is 6.07 Å². The van der Waals surface area contributed by atoms with Crippen molar-refractivity contribution in [2.45, 2.75) is 83.3 Å². The Morgan fingerprint density at radius 3 is 2.50 bits per heavy atom. The number of aromatic nitrogens is 1. The summed E-state index contributed by atoms with van der Waals surface area (Å²) in [5.41, 5.74) is 0.848. The van der Waals surface area contributed by atoms with Gasteiger partial charge in [0.05, 0.1) is 28.5 Å². The van der Waals surface area contributed by atoms with Crippen molar-refractivity contribution >= 4 is 22.7 Å². The van der Waals surface area contributed by atoms with E-state index in [2.05, 4.69) is 45.5 Å². The molecule has 2 fully saturated rings. The summed E-state index contributed by atoms with van der Waals surface area (Å²) in [7, 11) is 0. The number of aliphatic hydroxyl groups is 1. The molecule has 42 heavy (non-hydrogen) atoms. The predicted molar refractivity (Wildman–Crippen MR) is 159 cm³/mol. The van der Waals surface area contributed by atoms with Crippen molar-refractivity contribution in [1.82, 2.24) is 15.2 Å².